The quantitative estimate of drug-likeness (QED) is 0.610. The van der Waals surface area contributed by atoms with E-state index < -0.39 is 12.8 Å². The van der Waals surface area contributed by atoms with Crippen LogP contribution >= 0.6 is 11.3 Å². The number of rotatable bonds is 6. The minimum absolute atomic E-state index is 0.0504. The van der Waals surface area contributed by atoms with Gasteiger partial charge in [0.1, 0.15) is 0 Å². The first-order valence-corrected chi connectivity index (χ1v) is 8.62. The molecular weight excluding hydrogens is 367 g/mol. The Balaban J connectivity index is 1.97. The lowest BCUT2D eigenvalue weighted by molar-refractivity contribution is -0.154. The van der Waals surface area contributed by atoms with Crippen LogP contribution in [0.3, 0.4) is 0 Å². The number of pyridine rings is 1. The lowest BCUT2D eigenvalue weighted by atomic mass is 10.2. The molecule has 0 amide bonds. The third-order valence-corrected chi connectivity index (χ3v) is 4.12. The fourth-order valence-electron chi connectivity index (χ4n) is 2.20. The van der Waals surface area contributed by atoms with E-state index in [2.05, 4.69) is 20.3 Å². The van der Waals surface area contributed by atoms with Crippen LogP contribution in [0.2, 0.25) is 0 Å². The van der Waals surface area contributed by atoms with E-state index >= 15 is 0 Å². The van der Waals surface area contributed by atoms with Crippen LogP contribution in [-0.4, -0.2) is 47.7 Å². The highest BCUT2D eigenvalue weighted by atomic mass is 32.1. The lowest BCUT2D eigenvalue weighted by Gasteiger charge is -2.21. The van der Waals surface area contributed by atoms with Gasteiger partial charge >= 0.3 is 6.18 Å². The molecule has 0 bridgehead atoms. The zero-order chi connectivity index (χ0) is 19.2. The molecule has 2 rings (SSSR count). The van der Waals surface area contributed by atoms with Crippen LogP contribution in [-0.2, 0) is 13.1 Å². The first kappa shape index (κ1) is 20.0. The second-order valence-corrected chi connectivity index (χ2v) is 6.55. The molecule has 0 unspecified atom stereocenters. The Kier molecular flexibility index (Phi) is 6.78. The maximum atomic E-state index is 12.4. The molecule has 0 aromatic carbocycles. The maximum Gasteiger partial charge on any atom is 0.422 e. The van der Waals surface area contributed by atoms with Crippen molar-refractivity contribution >= 4 is 17.3 Å². The van der Waals surface area contributed by atoms with E-state index in [-0.39, 0.29) is 12.4 Å². The van der Waals surface area contributed by atoms with Crippen LogP contribution in [0.5, 0.6) is 5.88 Å². The van der Waals surface area contributed by atoms with Gasteiger partial charge in [-0.3, -0.25) is 4.99 Å². The molecule has 2 heterocycles. The molecule has 142 valence electrons. The lowest BCUT2D eigenvalue weighted by Crippen LogP contribution is -2.38. The Morgan fingerprint density at radius 3 is 2.81 bits per heavy atom. The summed E-state index contributed by atoms with van der Waals surface area (Å²) in [5.74, 6) is 0.534. The number of aromatic nitrogens is 2. The topological polar surface area (TPSA) is 62.6 Å². The molecular formula is C16H20F3N5OS. The van der Waals surface area contributed by atoms with Gasteiger partial charge in [0.25, 0.3) is 0 Å². The summed E-state index contributed by atoms with van der Waals surface area (Å²) < 4.78 is 41.9. The van der Waals surface area contributed by atoms with Gasteiger partial charge in [0, 0.05) is 37.8 Å². The van der Waals surface area contributed by atoms with Gasteiger partial charge in [-0.15, -0.1) is 11.3 Å². The summed E-state index contributed by atoms with van der Waals surface area (Å²) >= 11 is 1.57. The Morgan fingerprint density at radius 1 is 1.42 bits per heavy atom. The maximum absolute atomic E-state index is 12.4. The molecule has 1 N–H and O–H groups in total. The minimum Gasteiger partial charge on any atom is -0.468 e. The van der Waals surface area contributed by atoms with Crippen LogP contribution in [0.25, 0.3) is 0 Å². The van der Waals surface area contributed by atoms with Crippen molar-refractivity contribution < 1.29 is 17.9 Å². The van der Waals surface area contributed by atoms with Crippen molar-refractivity contribution in [3.05, 3.63) is 40.0 Å². The molecule has 0 saturated heterocycles. The van der Waals surface area contributed by atoms with Crippen LogP contribution in [0.4, 0.5) is 13.2 Å². The van der Waals surface area contributed by atoms with Crippen molar-refractivity contribution in [3.63, 3.8) is 0 Å². The highest BCUT2D eigenvalue weighted by molar-refractivity contribution is 7.09. The summed E-state index contributed by atoms with van der Waals surface area (Å²) in [6.07, 6.45) is -3.02. The number of thiazole rings is 1. The van der Waals surface area contributed by atoms with Gasteiger partial charge in [0.15, 0.2) is 12.6 Å². The molecule has 2 aromatic heterocycles. The number of alkyl halides is 3. The predicted molar refractivity (Wildman–Crippen MR) is 94.3 cm³/mol. The first-order chi connectivity index (χ1) is 12.3. The number of halogens is 3. The fraction of sp³-hybridized carbons (Fsp3) is 0.438. The van der Waals surface area contributed by atoms with Gasteiger partial charge in [-0.25, -0.2) is 9.97 Å². The van der Waals surface area contributed by atoms with Crippen molar-refractivity contribution in [2.24, 2.45) is 4.99 Å². The first-order valence-electron chi connectivity index (χ1n) is 7.74. The number of aliphatic imine (C=N–C) groups is 1. The van der Waals surface area contributed by atoms with Gasteiger partial charge in [-0.2, -0.15) is 13.2 Å². The molecule has 0 aliphatic carbocycles. The SMILES string of the molecule is CN=C(NCc1cccnc1OCC(F)(F)F)N(C)Cc1csc(C)n1. The van der Waals surface area contributed by atoms with Crippen molar-refractivity contribution in [2.75, 3.05) is 20.7 Å². The Bertz CT molecular complexity index is 747. The largest absolute Gasteiger partial charge is 0.468 e. The molecule has 10 heteroatoms. The van der Waals surface area contributed by atoms with Crippen LogP contribution in [0.1, 0.15) is 16.3 Å². The third-order valence-electron chi connectivity index (χ3n) is 3.30. The number of nitrogens with zero attached hydrogens (tertiary/aromatic N) is 4. The molecule has 6 nitrogen and oxygen atoms in total. The molecule has 0 fully saturated rings. The van der Waals surface area contributed by atoms with E-state index in [0.29, 0.717) is 18.1 Å². The van der Waals surface area contributed by atoms with E-state index in [1.807, 2.05) is 24.3 Å². The normalized spacial score (nSPS) is 12.2. The molecule has 0 radical (unpaired) electrons. The zero-order valence-electron chi connectivity index (χ0n) is 14.7. The zero-order valence-corrected chi connectivity index (χ0v) is 15.5. The summed E-state index contributed by atoms with van der Waals surface area (Å²) in [6, 6.07) is 3.30. The van der Waals surface area contributed by atoms with Crippen LogP contribution in [0, 0.1) is 6.92 Å². The number of hydrogen-bond acceptors (Lipinski definition) is 5. The molecule has 0 atom stereocenters. The molecule has 0 aliphatic rings. The number of guanidine groups is 1. The van der Waals surface area contributed by atoms with Crippen molar-refractivity contribution in [1.82, 2.24) is 20.2 Å². The van der Waals surface area contributed by atoms with E-state index in [1.54, 1.807) is 30.5 Å². The standard InChI is InChI=1S/C16H20F3N5OS/c1-11-23-13(9-26-11)8-24(3)15(20-2)22-7-12-5-4-6-21-14(12)25-10-16(17,18)19/h4-6,9H,7-8,10H2,1-3H3,(H,20,22). The average Bonchev–Trinajstić information content (AvgIpc) is 2.98. The Morgan fingerprint density at radius 2 is 2.19 bits per heavy atom. The Labute approximate surface area is 153 Å². The third kappa shape index (κ3) is 6.17. The van der Waals surface area contributed by atoms with E-state index in [9.17, 15) is 13.2 Å². The fourth-order valence-corrected chi connectivity index (χ4v) is 2.80. The van der Waals surface area contributed by atoms with E-state index in [4.69, 9.17) is 4.74 Å². The number of hydrogen-bond donors (Lipinski definition) is 1. The summed E-state index contributed by atoms with van der Waals surface area (Å²) in [5, 5.41) is 6.06. The summed E-state index contributed by atoms with van der Waals surface area (Å²) in [5.41, 5.74) is 1.43. The molecule has 26 heavy (non-hydrogen) atoms. The predicted octanol–water partition coefficient (Wildman–Crippen LogP) is 3.00. The van der Waals surface area contributed by atoms with Gasteiger partial charge < -0.3 is 15.0 Å². The second kappa shape index (κ2) is 8.84. The number of aryl methyl sites for hydroxylation is 1. The minimum atomic E-state index is -4.41. The van der Waals surface area contributed by atoms with Gasteiger partial charge in [-0.05, 0) is 13.0 Å². The highest BCUT2D eigenvalue weighted by Crippen LogP contribution is 2.20. The van der Waals surface area contributed by atoms with Gasteiger partial charge in [-0.1, -0.05) is 6.07 Å². The molecule has 0 spiro atoms. The second-order valence-electron chi connectivity index (χ2n) is 5.49. The molecule has 2 aromatic rings. The smallest absolute Gasteiger partial charge is 0.422 e. The monoisotopic (exact) mass is 387 g/mol. The molecule has 0 aliphatic heterocycles. The van der Waals surface area contributed by atoms with E-state index in [1.165, 1.54) is 6.20 Å². The van der Waals surface area contributed by atoms with Crippen LogP contribution < -0.4 is 10.1 Å². The number of nitrogens with one attached hydrogen (secondary N) is 1. The van der Waals surface area contributed by atoms with Crippen molar-refractivity contribution in [3.8, 4) is 5.88 Å². The van der Waals surface area contributed by atoms with Crippen molar-refractivity contribution in [2.45, 2.75) is 26.2 Å². The Hall–Kier alpha value is -2.36. The number of ether oxygens (including phenoxy) is 1. The van der Waals surface area contributed by atoms with Gasteiger partial charge in [0.05, 0.1) is 17.2 Å². The average molecular weight is 387 g/mol. The summed E-state index contributed by atoms with van der Waals surface area (Å²) in [6.45, 7) is 1.35. The summed E-state index contributed by atoms with van der Waals surface area (Å²) in [4.78, 5) is 14.3. The van der Waals surface area contributed by atoms with Crippen LogP contribution in [0.15, 0.2) is 28.7 Å². The summed E-state index contributed by atoms with van der Waals surface area (Å²) in [7, 11) is 3.49. The van der Waals surface area contributed by atoms with E-state index in [0.717, 1.165) is 10.7 Å². The molecule has 0 saturated carbocycles. The van der Waals surface area contributed by atoms with Gasteiger partial charge in [0.2, 0.25) is 5.88 Å². The van der Waals surface area contributed by atoms with Crippen molar-refractivity contribution in [1.29, 1.82) is 0 Å². The highest BCUT2D eigenvalue weighted by Gasteiger charge is 2.29.